The summed E-state index contributed by atoms with van der Waals surface area (Å²) in [6, 6.07) is 7.54. The summed E-state index contributed by atoms with van der Waals surface area (Å²) in [5.74, 6) is -1.29. The molecule has 1 unspecified atom stereocenters. The second-order valence-electron chi connectivity index (χ2n) is 5.54. The number of aliphatic imine (C=N–C) groups is 1. The summed E-state index contributed by atoms with van der Waals surface area (Å²) in [5, 5.41) is -0.111. The summed E-state index contributed by atoms with van der Waals surface area (Å²) in [7, 11) is 2.68. The van der Waals surface area contributed by atoms with Crippen LogP contribution in [0.1, 0.15) is 18.0 Å². The van der Waals surface area contributed by atoms with Gasteiger partial charge in [0.25, 0.3) is 0 Å². The fourth-order valence-electron chi connectivity index (χ4n) is 2.89. The van der Waals surface area contributed by atoms with Crippen molar-refractivity contribution in [2.24, 2.45) is 4.99 Å². The smallest absolute Gasteiger partial charge is 0.307 e. The van der Waals surface area contributed by atoms with E-state index in [0.717, 1.165) is 0 Å². The van der Waals surface area contributed by atoms with Crippen LogP contribution in [0, 0.1) is 11.6 Å². The number of fused-ring (bicyclic) bond motifs is 1. The molecule has 0 amide bonds. The van der Waals surface area contributed by atoms with Gasteiger partial charge in [-0.25, -0.2) is 13.8 Å². The normalized spacial score (nSPS) is 16.0. The molecule has 0 spiro atoms. The van der Waals surface area contributed by atoms with E-state index in [4.69, 9.17) is 21.1 Å². The molecule has 0 saturated heterocycles. The molecule has 0 N–H and O–H groups in total. The third kappa shape index (κ3) is 3.22. The summed E-state index contributed by atoms with van der Waals surface area (Å²) in [4.78, 5) is 17.5. The number of para-hydroxylation sites is 1. The maximum Gasteiger partial charge on any atom is 0.307 e. The van der Waals surface area contributed by atoms with Crippen molar-refractivity contribution in [3.63, 3.8) is 0 Å². The van der Waals surface area contributed by atoms with Crippen molar-refractivity contribution in [3.05, 3.63) is 53.6 Å². The number of carbonyl (C=O) groups excluding carboxylic acids is 1. The van der Waals surface area contributed by atoms with Gasteiger partial charge in [0.15, 0.2) is 0 Å². The first-order chi connectivity index (χ1) is 12.5. The number of halogens is 3. The summed E-state index contributed by atoms with van der Waals surface area (Å²) in [6.45, 7) is 0. The van der Waals surface area contributed by atoms with Crippen LogP contribution in [-0.2, 0) is 9.53 Å². The quantitative estimate of drug-likeness (QED) is 0.585. The van der Waals surface area contributed by atoms with Crippen LogP contribution in [0.25, 0.3) is 0 Å². The number of carbonyl (C=O) groups is 1. The molecule has 2 aromatic carbocycles. The number of benzene rings is 2. The highest BCUT2D eigenvalue weighted by atomic mass is 35.5. The maximum atomic E-state index is 14.2. The number of esters is 1. The zero-order valence-corrected chi connectivity index (χ0v) is 14.8. The van der Waals surface area contributed by atoms with Gasteiger partial charge >= 0.3 is 5.97 Å². The van der Waals surface area contributed by atoms with Gasteiger partial charge in [-0.05, 0) is 29.8 Å². The van der Waals surface area contributed by atoms with E-state index in [2.05, 4.69) is 4.99 Å². The fraction of sp³-hybridized carbons (Fsp3) is 0.222. The minimum atomic E-state index is -0.742. The molecule has 5 nitrogen and oxygen atoms in total. The van der Waals surface area contributed by atoms with Gasteiger partial charge < -0.3 is 14.4 Å². The standard InChI is InChI=1S/C18H15ClF2N2O3/c1-25-15-7-6-10(20)8-14(15)23-13(9-16(24)26-2)11-4-3-5-12(21)17(11)22-18(23)19/h3-8,13H,9H2,1-2H3. The van der Waals surface area contributed by atoms with Crippen molar-refractivity contribution < 1.29 is 23.0 Å². The fourth-order valence-corrected chi connectivity index (χ4v) is 3.19. The van der Waals surface area contributed by atoms with Gasteiger partial charge in [-0.3, -0.25) is 4.79 Å². The van der Waals surface area contributed by atoms with Gasteiger partial charge in [-0.1, -0.05) is 12.1 Å². The minimum absolute atomic E-state index is 0.0398. The molecule has 0 aliphatic carbocycles. The van der Waals surface area contributed by atoms with E-state index in [1.54, 1.807) is 6.07 Å². The molecule has 0 saturated carbocycles. The summed E-state index contributed by atoms with van der Waals surface area (Å²) in [6.07, 6.45) is -0.141. The lowest BCUT2D eigenvalue weighted by atomic mass is 9.98. The van der Waals surface area contributed by atoms with Gasteiger partial charge in [-0.15, -0.1) is 0 Å². The Balaban J connectivity index is 2.20. The SMILES string of the molecule is COC(=O)CC1c2cccc(F)c2N=C(Cl)N1c1cc(F)ccc1OC. The molecule has 1 heterocycles. The van der Waals surface area contributed by atoms with E-state index in [0.29, 0.717) is 11.3 Å². The average molecular weight is 381 g/mol. The molecule has 0 radical (unpaired) electrons. The third-order valence-corrected chi connectivity index (χ3v) is 4.35. The highest BCUT2D eigenvalue weighted by molar-refractivity contribution is 6.68. The third-order valence-electron chi connectivity index (χ3n) is 4.08. The molecule has 1 atom stereocenters. The van der Waals surface area contributed by atoms with Gasteiger partial charge in [0, 0.05) is 11.6 Å². The first kappa shape index (κ1) is 18.1. The predicted molar refractivity (Wildman–Crippen MR) is 94.2 cm³/mol. The zero-order valence-electron chi connectivity index (χ0n) is 14.0. The molecule has 0 aromatic heterocycles. The van der Waals surface area contributed by atoms with Crippen LogP contribution in [0.3, 0.4) is 0 Å². The number of methoxy groups -OCH3 is 2. The molecular weight excluding hydrogens is 366 g/mol. The molecule has 0 fully saturated rings. The van der Waals surface area contributed by atoms with E-state index in [9.17, 15) is 13.6 Å². The van der Waals surface area contributed by atoms with Crippen molar-refractivity contribution in [2.45, 2.75) is 12.5 Å². The number of hydrogen-bond acceptors (Lipinski definition) is 5. The van der Waals surface area contributed by atoms with Crippen molar-refractivity contribution in [1.29, 1.82) is 0 Å². The van der Waals surface area contributed by atoms with Crippen molar-refractivity contribution in [3.8, 4) is 5.75 Å². The van der Waals surface area contributed by atoms with Crippen molar-refractivity contribution in [1.82, 2.24) is 0 Å². The topological polar surface area (TPSA) is 51.1 Å². The average Bonchev–Trinajstić information content (AvgIpc) is 2.62. The van der Waals surface area contributed by atoms with Crippen LogP contribution >= 0.6 is 11.6 Å². The molecule has 1 aliphatic rings. The van der Waals surface area contributed by atoms with Crippen LogP contribution in [0.15, 0.2) is 41.4 Å². The van der Waals surface area contributed by atoms with E-state index in [1.807, 2.05) is 0 Å². The Labute approximate surface area is 153 Å². The van der Waals surface area contributed by atoms with E-state index >= 15 is 0 Å². The Bertz CT molecular complexity index is 889. The number of anilines is 1. The maximum absolute atomic E-state index is 14.2. The van der Waals surface area contributed by atoms with Crippen LogP contribution < -0.4 is 9.64 Å². The molecule has 2 aromatic rings. The first-order valence-electron chi connectivity index (χ1n) is 7.68. The molecule has 3 rings (SSSR count). The van der Waals surface area contributed by atoms with Crippen LogP contribution in [-0.4, -0.2) is 25.5 Å². The molecule has 0 bridgehead atoms. The Morgan fingerprint density at radius 1 is 1.27 bits per heavy atom. The summed E-state index contributed by atoms with van der Waals surface area (Å²) < 4.78 is 38.1. The molecule has 26 heavy (non-hydrogen) atoms. The molecule has 8 heteroatoms. The number of amidine groups is 1. The largest absolute Gasteiger partial charge is 0.495 e. The number of rotatable bonds is 4. The van der Waals surface area contributed by atoms with Crippen molar-refractivity contribution in [2.75, 3.05) is 19.1 Å². The van der Waals surface area contributed by atoms with Crippen LogP contribution in [0.2, 0.25) is 0 Å². The number of hydrogen-bond donors (Lipinski definition) is 0. The second-order valence-corrected chi connectivity index (χ2v) is 5.88. The highest BCUT2D eigenvalue weighted by Crippen LogP contribution is 2.44. The lowest BCUT2D eigenvalue weighted by molar-refractivity contribution is -0.141. The predicted octanol–water partition coefficient (Wildman–Crippen LogP) is 4.32. The summed E-state index contributed by atoms with van der Waals surface area (Å²) in [5.41, 5.74) is 0.745. The highest BCUT2D eigenvalue weighted by Gasteiger charge is 2.35. The lowest BCUT2D eigenvalue weighted by Gasteiger charge is -2.36. The Hall–Kier alpha value is -2.67. The minimum Gasteiger partial charge on any atom is -0.495 e. The monoisotopic (exact) mass is 380 g/mol. The Morgan fingerprint density at radius 3 is 2.73 bits per heavy atom. The first-order valence-corrected chi connectivity index (χ1v) is 8.06. The number of nitrogens with zero attached hydrogens (tertiary/aromatic N) is 2. The van der Waals surface area contributed by atoms with Crippen LogP contribution in [0.5, 0.6) is 5.75 Å². The molecule has 136 valence electrons. The van der Waals surface area contributed by atoms with Crippen LogP contribution in [0.4, 0.5) is 20.2 Å². The van der Waals surface area contributed by atoms with Gasteiger partial charge in [0.05, 0.1) is 32.4 Å². The Kier molecular flexibility index (Phi) is 5.08. The summed E-state index contributed by atoms with van der Waals surface area (Å²) >= 11 is 6.30. The van der Waals surface area contributed by atoms with Crippen molar-refractivity contribution >= 4 is 34.2 Å². The lowest BCUT2D eigenvalue weighted by Crippen LogP contribution is -2.36. The van der Waals surface area contributed by atoms with Gasteiger partial charge in [-0.2, -0.15) is 0 Å². The zero-order chi connectivity index (χ0) is 18.8. The second kappa shape index (κ2) is 7.29. The van der Waals surface area contributed by atoms with Gasteiger partial charge in [0.1, 0.15) is 23.1 Å². The van der Waals surface area contributed by atoms with E-state index < -0.39 is 23.6 Å². The van der Waals surface area contributed by atoms with E-state index in [1.165, 1.54) is 49.5 Å². The van der Waals surface area contributed by atoms with E-state index in [-0.39, 0.29) is 23.1 Å². The molecule has 1 aliphatic heterocycles. The number of ether oxygens (including phenoxy) is 2. The van der Waals surface area contributed by atoms with Gasteiger partial charge in [0.2, 0.25) is 5.29 Å². The Morgan fingerprint density at radius 2 is 2.04 bits per heavy atom. The molecular formula is C18H15ClF2N2O3.